The molecule has 1 rings (SSSR count). The molecule has 1 heterocycles. The minimum Gasteiger partial charge on any atom is -0.447 e. The fourth-order valence-corrected chi connectivity index (χ4v) is 3.31. The van der Waals surface area contributed by atoms with E-state index in [-0.39, 0.29) is 18.4 Å². The van der Waals surface area contributed by atoms with Gasteiger partial charge in [-0.25, -0.2) is 13.2 Å². The third-order valence-corrected chi connectivity index (χ3v) is 4.56. The van der Waals surface area contributed by atoms with Crippen molar-refractivity contribution in [2.75, 3.05) is 12.3 Å². The van der Waals surface area contributed by atoms with Gasteiger partial charge in [-0.2, -0.15) is 0 Å². The van der Waals surface area contributed by atoms with Crippen molar-refractivity contribution in [3.63, 3.8) is 0 Å². The molecular weight excluding hydrogens is 218 g/mol. The highest BCUT2D eigenvalue weighted by Crippen LogP contribution is 2.18. The van der Waals surface area contributed by atoms with E-state index in [2.05, 4.69) is 5.32 Å². The number of hydrogen-bond donors (Lipinski definition) is 1. The van der Waals surface area contributed by atoms with Crippen molar-refractivity contribution in [2.24, 2.45) is 0 Å². The topological polar surface area (TPSA) is 72.5 Å². The molecule has 0 spiro atoms. The van der Waals surface area contributed by atoms with Gasteiger partial charge in [0.25, 0.3) is 0 Å². The van der Waals surface area contributed by atoms with Gasteiger partial charge < -0.3 is 10.1 Å². The molecule has 0 aromatic carbocycles. The number of alkyl carbamates (subject to hydrolysis) is 1. The Kier molecular flexibility index (Phi) is 3.96. The minimum atomic E-state index is -2.98. The molecular formula is C9H17NO4S. The van der Waals surface area contributed by atoms with Crippen molar-refractivity contribution in [1.29, 1.82) is 0 Å². The van der Waals surface area contributed by atoms with Crippen molar-refractivity contribution < 1.29 is 17.9 Å². The van der Waals surface area contributed by atoms with Gasteiger partial charge in [0.15, 0.2) is 9.84 Å². The standard InChI is InChI=1S/C9H17NO4S/c1-7(2)14-9(11)10-6-8-4-3-5-15(8,12)13/h7-8H,3-6H2,1-2H3,(H,10,11). The van der Waals surface area contributed by atoms with Gasteiger partial charge in [0.2, 0.25) is 0 Å². The molecule has 5 nitrogen and oxygen atoms in total. The maximum absolute atomic E-state index is 11.4. The number of rotatable bonds is 3. The molecule has 1 atom stereocenters. The maximum Gasteiger partial charge on any atom is 0.407 e. The van der Waals surface area contributed by atoms with Gasteiger partial charge in [0, 0.05) is 6.54 Å². The summed E-state index contributed by atoms with van der Waals surface area (Å²) in [7, 11) is -2.98. The molecule has 1 N–H and O–H groups in total. The molecule has 0 bridgehead atoms. The Balaban J connectivity index is 2.34. The molecule has 0 radical (unpaired) electrons. The van der Waals surface area contributed by atoms with Crippen LogP contribution in [0, 0.1) is 0 Å². The summed E-state index contributed by atoms with van der Waals surface area (Å²) in [4.78, 5) is 11.1. The first-order valence-electron chi connectivity index (χ1n) is 5.08. The van der Waals surface area contributed by atoms with Crippen LogP contribution in [-0.4, -0.2) is 38.2 Å². The third kappa shape index (κ3) is 3.70. The van der Waals surface area contributed by atoms with E-state index < -0.39 is 21.2 Å². The van der Waals surface area contributed by atoms with Gasteiger partial charge in [-0.05, 0) is 26.7 Å². The van der Waals surface area contributed by atoms with Crippen LogP contribution >= 0.6 is 0 Å². The Morgan fingerprint density at radius 1 is 1.53 bits per heavy atom. The van der Waals surface area contributed by atoms with Gasteiger partial charge in [0.1, 0.15) is 0 Å². The van der Waals surface area contributed by atoms with E-state index in [4.69, 9.17) is 4.74 Å². The van der Waals surface area contributed by atoms with Crippen molar-refractivity contribution >= 4 is 15.9 Å². The summed E-state index contributed by atoms with van der Waals surface area (Å²) in [6, 6.07) is 0. The zero-order valence-electron chi connectivity index (χ0n) is 9.02. The number of carbonyl (C=O) groups excluding carboxylic acids is 1. The summed E-state index contributed by atoms with van der Waals surface area (Å²) in [6.45, 7) is 3.64. The molecule has 1 unspecified atom stereocenters. The fraction of sp³-hybridized carbons (Fsp3) is 0.889. The second-order valence-electron chi connectivity index (χ2n) is 3.97. The quantitative estimate of drug-likeness (QED) is 0.781. The summed E-state index contributed by atoms with van der Waals surface area (Å²) in [5.41, 5.74) is 0. The molecule has 1 aliphatic rings. The average Bonchev–Trinajstić information content (AvgIpc) is 2.40. The van der Waals surface area contributed by atoms with Crippen LogP contribution in [-0.2, 0) is 14.6 Å². The zero-order valence-corrected chi connectivity index (χ0v) is 9.84. The van der Waals surface area contributed by atoms with E-state index in [1.54, 1.807) is 13.8 Å². The molecule has 0 saturated carbocycles. The predicted octanol–water partition coefficient (Wildman–Crippen LogP) is 0.698. The lowest BCUT2D eigenvalue weighted by Crippen LogP contribution is -2.35. The molecule has 1 amide bonds. The molecule has 88 valence electrons. The van der Waals surface area contributed by atoms with Gasteiger partial charge in [-0.3, -0.25) is 0 Å². The lowest BCUT2D eigenvalue weighted by Gasteiger charge is -2.12. The van der Waals surface area contributed by atoms with E-state index in [1.807, 2.05) is 0 Å². The van der Waals surface area contributed by atoms with Gasteiger partial charge in [-0.1, -0.05) is 0 Å². The van der Waals surface area contributed by atoms with E-state index in [1.165, 1.54) is 0 Å². The highest BCUT2D eigenvalue weighted by atomic mass is 32.2. The van der Waals surface area contributed by atoms with Crippen LogP contribution in [0.25, 0.3) is 0 Å². The zero-order chi connectivity index (χ0) is 11.5. The summed E-state index contributed by atoms with van der Waals surface area (Å²) in [5, 5.41) is 2.04. The molecule has 0 aliphatic carbocycles. The number of sulfone groups is 1. The van der Waals surface area contributed by atoms with Crippen LogP contribution in [0.3, 0.4) is 0 Å². The van der Waals surface area contributed by atoms with Crippen molar-refractivity contribution in [3.05, 3.63) is 0 Å². The normalized spacial score (nSPS) is 24.1. The Bertz CT molecular complexity index is 323. The average molecular weight is 235 g/mol. The molecule has 1 saturated heterocycles. The Morgan fingerprint density at radius 2 is 2.20 bits per heavy atom. The second-order valence-corrected chi connectivity index (χ2v) is 6.37. The first kappa shape index (κ1) is 12.3. The van der Waals surface area contributed by atoms with E-state index in [0.29, 0.717) is 12.8 Å². The summed E-state index contributed by atoms with van der Waals surface area (Å²) < 4.78 is 27.6. The van der Waals surface area contributed by atoms with Gasteiger partial charge in [0.05, 0.1) is 17.1 Å². The Morgan fingerprint density at radius 3 is 2.67 bits per heavy atom. The van der Waals surface area contributed by atoms with Crippen LogP contribution in [0.15, 0.2) is 0 Å². The highest BCUT2D eigenvalue weighted by Gasteiger charge is 2.31. The number of carbonyl (C=O) groups is 1. The van der Waals surface area contributed by atoms with Crippen LogP contribution in [0.4, 0.5) is 4.79 Å². The summed E-state index contributed by atoms with van der Waals surface area (Å²) in [6.07, 6.45) is 0.579. The predicted molar refractivity (Wildman–Crippen MR) is 56.4 cm³/mol. The smallest absolute Gasteiger partial charge is 0.407 e. The lowest BCUT2D eigenvalue weighted by atomic mass is 10.2. The molecule has 0 aromatic rings. The molecule has 6 heteroatoms. The van der Waals surface area contributed by atoms with Gasteiger partial charge in [-0.15, -0.1) is 0 Å². The lowest BCUT2D eigenvalue weighted by molar-refractivity contribution is 0.115. The third-order valence-electron chi connectivity index (χ3n) is 2.28. The Labute approximate surface area is 90.1 Å². The second kappa shape index (κ2) is 4.83. The first-order chi connectivity index (χ1) is 6.92. The first-order valence-corrected chi connectivity index (χ1v) is 6.79. The van der Waals surface area contributed by atoms with E-state index >= 15 is 0 Å². The summed E-state index contributed by atoms with van der Waals surface area (Å²) >= 11 is 0. The number of nitrogens with one attached hydrogen (secondary N) is 1. The minimum absolute atomic E-state index is 0.161. The van der Waals surface area contributed by atoms with Crippen molar-refractivity contribution in [1.82, 2.24) is 5.32 Å². The largest absolute Gasteiger partial charge is 0.447 e. The van der Waals surface area contributed by atoms with Crippen LogP contribution in [0.1, 0.15) is 26.7 Å². The molecule has 1 fully saturated rings. The SMILES string of the molecule is CC(C)OC(=O)NCC1CCCS1(=O)=O. The Hall–Kier alpha value is -0.780. The van der Waals surface area contributed by atoms with Crippen LogP contribution < -0.4 is 5.32 Å². The molecule has 1 aliphatic heterocycles. The monoisotopic (exact) mass is 235 g/mol. The number of hydrogen-bond acceptors (Lipinski definition) is 4. The number of ether oxygens (including phenoxy) is 1. The highest BCUT2D eigenvalue weighted by molar-refractivity contribution is 7.92. The van der Waals surface area contributed by atoms with Crippen molar-refractivity contribution in [3.8, 4) is 0 Å². The van der Waals surface area contributed by atoms with Crippen LogP contribution in [0.2, 0.25) is 0 Å². The summed E-state index contributed by atoms with van der Waals surface area (Å²) in [5.74, 6) is 0.235. The molecule has 0 aromatic heterocycles. The van der Waals surface area contributed by atoms with E-state index in [0.717, 1.165) is 0 Å². The molecule has 15 heavy (non-hydrogen) atoms. The maximum atomic E-state index is 11.4. The fourth-order valence-electron chi connectivity index (χ4n) is 1.54. The number of amides is 1. The van der Waals surface area contributed by atoms with Gasteiger partial charge >= 0.3 is 6.09 Å². The van der Waals surface area contributed by atoms with E-state index in [9.17, 15) is 13.2 Å². The van der Waals surface area contributed by atoms with Crippen LogP contribution in [0.5, 0.6) is 0 Å². The van der Waals surface area contributed by atoms with Crippen molar-refractivity contribution in [2.45, 2.75) is 38.0 Å².